The third-order valence-corrected chi connectivity index (χ3v) is 4.68. The van der Waals surface area contributed by atoms with Crippen molar-refractivity contribution in [1.29, 1.82) is 0 Å². The van der Waals surface area contributed by atoms with E-state index in [9.17, 15) is 9.90 Å². The lowest BCUT2D eigenvalue weighted by molar-refractivity contribution is -0.127. The lowest BCUT2D eigenvalue weighted by Crippen LogP contribution is -2.59. The first-order valence-electron chi connectivity index (χ1n) is 7.74. The van der Waals surface area contributed by atoms with Crippen molar-refractivity contribution in [3.63, 3.8) is 0 Å². The fraction of sp³-hybridized carbons (Fsp3) is 0.588. The molecule has 0 radical (unpaired) electrons. The number of rotatable bonds is 2. The average Bonchev–Trinajstić information content (AvgIpc) is 2.47. The number of fused-ring (bicyclic) bond motifs is 1. The normalized spacial score (nSPS) is 27.9. The second-order valence-electron chi connectivity index (χ2n) is 6.54. The molecule has 1 saturated heterocycles. The van der Waals surface area contributed by atoms with Crippen LogP contribution in [0.2, 0.25) is 0 Å². The summed E-state index contributed by atoms with van der Waals surface area (Å²) in [5.74, 6) is 1.60. The van der Waals surface area contributed by atoms with Crippen molar-refractivity contribution < 1.29 is 19.4 Å². The summed E-state index contributed by atoms with van der Waals surface area (Å²) in [5.41, 5.74) is 0.158. The highest BCUT2D eigenvalue weighted by Gasteiger charge is 2.48. The molecule has 2 atom stereocenters. The number of benzene rings is 1. The van der Waals surface area contributed by atoms with Gasteiger partial charge >= 0.3 is 0 Å². The summed E-state index contributed by atoms with van der Waals surface area (Å²) >= 11 is 0. The van der Waals surface area contributed by atoms with Crippen molar-refractivity contribution in [1.82, 2.24) is 4.90 Å². The summed E-state index contributed by atoms with van der Waals surface area (Å²) in [6, 6.07) is 5.35. The predicted octanol–water partition coefficient (Wildman–Crippen LogP) is 1.93. The van der Waals surface area contributed by atoms with Gasteiger partial charge in [0.2, 0.25) is 0 Å². The first-order chi connectivity index (χ1) is 10.4. The minimum absolute atomic E-state index is 0.204. The minimum atomic E-state index is -0.705. The van der Waals surface area contributed by atoms with Gasteiger partial charge < -0.3 is 14.6 Å². The lowest BCUT2D eigenvalue weighted by atomic mass is 9.83. The number of likely N-dealkylation sites (tertiary alicyclic amines) is 1. The molecule has 120 valence electrons. The molecule has 1 aromatic carbocycles. The number of methoxy groups -OCH3 is 1. The molecule has 0 aromatic heterocycles. The molecule has 1 N–H and O–H groups in total. The van der Waals surface area contributed by atoms with Crippen molar-refractivity contribution in [2.45, 2.75) is 44.4 Å². The SMILES string of the molecule is COc1cccc2c1C(O)C(N1CCC(=O)CC1)C(C)(C)O2. The minimum Gasteiger partial charge on any atom is -0.496 e. The zero-order chi connectivity index (χ0) is 15.9. The van der Waals surface area contributed by atoms with Gasteiger partial charge in [0.15, 0.2) is 0 Å². The number of carbonyl (C=O) groups excluding carboxylic acids is 1. The van der Waals surface area contributed by atoms with E-state index in [1.165, 1.54) is 0 Å². The van der Waals surface area contributed by atoms with E-state index < -0.39 is 11.7 Å². The summed E-state index contributed by atoms with van der Waals surface area (Å²) in [4.78, 5) is 13.7. The second kappa shape index (κ2) is 5.56. The third-order valence-electron chi connectivity index (χ3n) is 4.68. The van der Waals surface area contributed by atoms with E-state index in [4.69, 9.17) is 9.47 Å². The van der Waals surface area contributed by atoms with Crippen LogP contribution in [0.5, 0.6) is 11.5 Å². The monoisotopic (exact) mass is 305 g/mol. The van der Waals surface area contributed by atoms with Crippen LogP contribution in [-0.4, -0.2) is 47.6 Å². The van der Waals surface area contributed by atoms with E-state index >= 15 is 0 Å². The second-order valence-corrected chi connectivity index (χ2v) is 6.54. The number of ketones is 1. The van der Waals surface area contributed by atoms with E-state index in [2.05, 4.69) is 4.90 Å². The zero-order valence-electron chi connectivity index (χ0n) is 13.3. The van der Waals surface area contributed by atoms with Crippen LogP contribution in [0.25, 0.3) is 0 Å². The first-order valence-corrected chi connectivity index (χ1v) is 7.74. The van der Waals surface area contributed by atoms with Crippen LogP contribution in [0.1, 0.15) is 38.4 Å². The molecule has 0 amide bonds. The highest BCUT2D eigenvalue weighted by atomic mass is 16.5. The lowest BCUT2D eigenvalue weighted by Gasteiger charge is -2.49. The molecule has 1 fully saturated rings. The quantitative estimate of drug-likeness (QED) is 0.905. The van der Waals surface area contributed by atoms with Crippen LogP contribution in [-0.2, 0) is 4.79 Å². The van der Waals surface area contributed by atoms with E-state index in [0.29, 0.717) is 48.8 Å². The van der Waals surface area contributed by atoms with Crippen molar-refractivity contribution in [2.24, 2.45) is 0 Å². The third kappa shape index (κ3) is 2.48. The van der Waals surface area contributed by atoms with E-state index in [-0.39, 0.29) is 6.04 Å². The summed E-state index contributed by atoms with van der Waals surface area (Å²) in [6.07, 6.45) is 0.374. The molecule has 0 aliphatic carbocycles. The number of aliphatic hydroxyl groups is 1. The van der Waals surface area contributed by atoms with E-state index in [1.54, 1.807) is 7.11 Å². The number of hydrogen-bond donors (Lipinski definition) is 1. The number of carbonyl (C=O) groups is 1. The Labute approximate surface area is 130 Å². The van der Waals surface area contributed by atoms with Gasteiger partial charge in [-0.3, -0.25) is 9.69 Å². The Balaban J connectivity index is 1.98. The Bertz CT molecular complexity index is 574. The largest absolute Gasteiger partial charge is 0.496 e. The molecule has 5 heteroatoms. The first kappa shape index (κ1) is 15.3. The number of aliphatic hydroxyl groups excluding tert-OH is 1. The Morgan fingerprint density at radius 2 is 2.00 bits per heavy atom. The standard InChI is InChI=1S/C17H23NO4/c1-17(2)16(18-9-7-11(19)8-10-18)15(20)14-12(21-3)5-4-6-13(14)22-17/h4-6,15-16,20H,7-10H2,1-3H3. The van der Waals surface area contributed by atoms with Crippen LogP contribution in [0.3, 0.4) is 0 Å². The number of ether oxygens (including phenoxy) is 2. The van der Waals surface area contributed by atoms with Crippen molar-refractivity contribution >= 4 is 5.78 Å². The highest BCUT2D eigenvalue weighted by Crippen LogP contribution is 2.46. The molecule has 0 spiro atoms. The summed E-state index contributed by atoms with van der Waals surface area (Å²) < 4.78 is 11.5. The van der Waals surface area contributed by atoms with Crippen LogP contribution < -0.4 is 9.47 Å². The molecular formula is C17H23NO4. The average molecular weight is 305 g/mol. The van der Waals surface area contributed by atoms with Crippen LogP contribution in [0, 0.1) is 0 Å². The van der Waals surface area contributed by atoms with Gasteiger partial charge in [0.25, 0.3) is 0 Å². The molecule has 2 aliphatic rings. The van der Waals surface area contributed by atoms with Crippen LogP contribution in [0.4, 0.5) is 0 Å². The molecule has 2 heterocycles. The maximum Gasteiger partial charge on any atom is 0.135 e. The molecule has 1 aromatic rings. The van der Waals surface area contributed by atoms with Crippen molar-refractivity contribution in [2.75, 3.05) is 20.2 Å². The number of hydrogen-bond acceptors (Lipinski definition) is 5. The zero-order valence-corrected chi connectivity index (χ0v) is 13.3. The van der Waals surface area contributed by atoms with Gasteiger partial charge in [-0.2, -0.15) is 0 Å². The summed E-state index contributed by atoms with van der Waals surface area (Å²) in [7, 11) is 1.59. The van der Waals surface area contributed by atoms with Gasteiger partial charge in [0, 0.05) is 25.9 Å². The predicted molar refractivity (Wildman–Crippen MR) is 82.3 cm³/mol. The number of piperidine rings is 1. The van der Waals surface area contributed by atoms with E-state index in [0.717, 1.165) is 0 Å². The molecule has 2 unspecified atom stereocenters. The fourth-order valence-electron chi connectivity index (χ4n) is 3.66. The van der Waals surface area contributed by atoms with Gasteiger partial charge in [-0.1, -0.05) is 6.07 Å². The van der Waals surface area contributed by atoms with Gasteiger partial charge in [-0.25, -0.2) is 0 Å². The number of Topliss-reactive ketones (excluding diaryl/α,β-unsaturated/α-hetero) is 1. The Morgan fingerprint density at radius 1 is 1.32 bits per heavy atom. The van der Waals surface area contributed by atoms with Crippen molar-refractivity contribution in [3.05, 3.63) is 23.8 Å². The molecule has 2 aliphatic heterocycles. The molecule has 5 nitrogen and oxygen atoms in total. The topological polar surface area (TPSA) is 59.0 Å². The van der Waals surface area contributed by atoms with Crippen LogP contribution >= 0.6 is 0 Å². The number of nitrogens with zero attached hydrogens (tertiary/aromatic N) is 1. The Hall–Kier alpha value is -1.59. The maximum absolute atomic E-state index is 11.5. The smallest absolute Gasteiger partial charge is 0.135 e. The van der Waals surface area contributed by atoms with Gasteiger partial charge in [-0.05, 0) is 26.0 Å². The summed E-state index contributed by atoms with van der Waals surface area (Å²) in [6.45, 7) is 5.30. The fourth-order valence-corrected chi connectivity index (χ4v) is 3.66. The van der Waals surface area contributed by atoms with Gasteiger partial charge in [0.1, 0.15) is 29.0 Å². The van der Waals surface area contributed by atoms with E-state index in [1.807, 2.05) is 32.0 Å². The highest BCUT2D eigenvalue weighted by molar-refractivity contribution is 5.79. The Kier molecular flexibility index (Phi) is 3.87. The summed E-state index contributed by atoms with van der Waals surface area (Å²) in [5, 5.41) is 11.0. The maximum atomic E-state index is 11.5. The Morgan fingerprint density at radius 3 is 2.64 bits per heavy atom. The van der Waals surface area contributed by atoms with Crippen LogP contribution in [0.15, 0.2) is 18.2 Å². The van der Waals surface area contributed by atoms with Gasteiger partial charge in [0.05, 0.1) is 18.7 Å². The molecule has 22 heavy (non-hydrogen) atoms. The molecule has 0 saturated carbocycles. The van der Waals surface area contributed by atoms with Crippen molar-refractivity contribution in [3.8, 4) is 11.5 Å². The molecule has 0 bridgehead atoms. The van der Waals surface area contributed by atoms with Gasteiger partial charge in [-0.15, -0.1) is 0 Å². The molecule has 3 rings (SSSR count). The molecular weight excluding hydrogens is 282 g/mol.